The lowest BCUT2D eigenvalue weighted by Crippen LogP contribution is -2.23. The first kappa shape index (κ1) is 19.5. The van der Waals surface area contributed by atoms with E-state index in [-0.39, 0.29) is 5.91 Å². The Labute approximate surface area is 188 Å². The van der Waals surface area contributed by atoms with Crippen LogP contribution >= 0.6 is 22.9 Å². The number of hydrogen-bond donors (Lipinski definition) is 1. The molecule has 1 N–H and O–H groups in total. The van der Waals surface area contributed by atoms with E-state index in [9.17, 15) is 4.79 Å². The Hall–Kier alpha value is -3.42. The van der Waals surface area contributed by atoms with E-state index < -0.39 is 0 Å². The predicted molar refractivity (Wildman–Crippen MR) is 121 cm³/mol. The first-order valence-corrected chi connectivity index (χ1v) is 10.9. The third kappa shape index (κ3) is 4.10. The van der Waals surface area contributed by atoms with E-state index >= 15 is 0 Å². The van der Waals surface area contributed by atoms with Crippen LogP contribution in [-0.4, -0.2) is 15.9 Å². The molecule has 3 heterocycles. The van der Waals surface area contributed by atoms with Crippen molar-refractivity contribution in [1.29, 1.82) is 0 Å². The van der Waals surface area contributed by atoms with Crippen LogP contribution in [0.1, 0.15) is 21.6 Å². The Morgan fingerprint density at radius 3 is 2.84 bits per heavy atom. The highest BCUT2D eigenvalue weighted by Gasteiger charge is 2.24. The first-order valence-electron chi connectivity index (χ1n) is 9.63. The smallest absolute Gasteiger partial charge is 0.251 e. The van der Waals surface area contributed by atoms with Crippen molar-refractivity contribution in [2.45, 2.75) is 13.1 Å². The van der Waals surface area contributed by atoms with Gasteiger partial charge in [-0.2, -0.15) is 0 Å². The normalized spacial score (nSPS) is 12.4. The lowest BCUT2D eigenvalue weighted by atomic mass is 10.2. The van der Waals surface area contributed by atoms with E-state index in [0.29, 0.717) is 23.7 Å². The maximum atomic E-state index is 12.3. The summed E-state index contributed by atoms with van der Waals surface area (Å²) in [6.07, 6.45) is 3.19. The predicted octanol–water partition coefficient (Wildman–Crippen LogP) is 5.57. The van der Waals surface area contributed by atoms with Gasteiger partial charge < -0.3 is 15.0 Å². The molecule has 0 saturated carbocycles. The molecule has 1 amide bonds. The molecule has 5 rings (SSSR count). The molecule has 0 aliphatic carbocycles. The number of carbonyl (C=O) groups excluding carboxylic acids is 1. The zero-order chi connectivity index (χ0) is 21.2. The van der Waals surface area contributed by atoms with Crippen molar-refractivity contribution in [3.05, 3.63) is 94.2 Å². The van der Waals surface area contributed by atoms with E-state index in [1.165, 1.54) is 11.3 Å². The second-order valence-corrected chi connectivity index (χ2v) is 8.22. The van der Waals surface area contributed by atoms with Crippen LogP contribution in [0.3, 0.4) is 0 Å². The number of fused-ring (bicyclic) bond motifs is 2. The second kappa shape index (κ2) is 8.37. The quantitative estimate of drug-likeness (QED) is 0.442. The number of benzene rings is 2. The number of carbonyl (C=O) groups is 1. The van der Waals surface area contributed by atoms with Gasteiger partial charge in [-0.15, -0.1) is 11.3 Å². The van der Waals surface area contributed by atoms with Crippen molar-refractivity contribution in [2.24, 2.45) is 0 Å². The Bertz CT molecular complexity index is 1250. The molecule has 2 aromatic heterocycles. The molecule has 1 aliphatic heterocycles. The van der Waals surface area contributed by atoms with Crippen molar-refractivity contribution in [1.82, 2.24) is 15.3 Å². The summed E-state index contributed by atoms with van der Waals surface area (Å²) in [5, 5.41) is 6.28. The molecule has 154 valence electrons. The van der Waals surface area contributed by atoms with Gasteiger partial charge in [0.05, 0.1) is 24.5 Å². The zero-order valence-corrected chi connectivity index (χ0v) is 17.9. The monoisotopic (exact) mass is 448 g/mol. The minimum Gasteiger partial charge on any atom is -0.455 e. The summed E-state index contributed by atoms with van der Waals surface area (Å²) in [5.41, 5.74) is 3.25. The number of halogens is 1. The number of para-hydroxylation sites is 1. The zero-order valence-electron chi connectivity index (χ0n) is 16.3. The number of pyridine rings is 1. The van der Waals surface area contributed by atoms with Gasteiger partial charge >= 0.3 is 0 Å². The molecule has 4 aromatic rings. The minimum absolute atomic E-state index is 0.161. The van der Waals surface area contributed by atoms with Crippen molar-refractivity contribution in [3.8, 4) is 11.5 Å². The average Bonchev–Trinajstić information content (AvgIpc) is 3.21. The number of nitrogens with zero attached hydrogens (tertiary/aromatic N) is 3. The van der Waals surface area contributed by atoms with Crippen LogP contribution < -0.4 is 15.0 Å². The van der Waals surface area contributed by atoms with E-state index in [4.69, 9.17) is 21.3 Å². The second-order valence-electron chi connectivity index (χ2n) is 6.95. The van der Waals surface area contributed by atoms with Crippen LogP contribution in [0.5, 0.6) is 11.5 Å². The maximum absolute atomic E-state index is 12.3. The van der Waals surface area contributed by atoms with E-state index in [2.05, 4.69) is 15.2 Å². The lowest BCUT2D eigenvalue weighted by Gasteiger charge is -2.21. The minimum atomic E-state index is -0.161. The average molecular weight is 449 g/mol. The molecule has 0 spiro atoms. The molecule has 0 bridgehead atoms. The van der Waals surface area contributed by atoms with Gasteiger partial charge in [0.1, 0.15) is 5.75 Å². The Morgan fingerprint density at radius 2 is 1.97 bits per heavy atom. The van der Waals surface area contributed by atoms with Gasteiger partial charge in [0.25, 0.3) is 5.91 Å². The molecule has 8 heteroatoms. The fraction of sp³-hybridized carbons (Fsp3) is 0.0870. The van der Waals surface area contributed by atoms with Gasteiger partial charge in [0.2, 0.25) is 0 Å². The van der Waals surface area contributed by atoms with Gasteiger partial charge in [0.15, 0.2) is 10.9 Å². The molecule has 0 radical (unpaired) electrons. The van der Waals surface area contributed by atoms with Gasteiger partial charge in [-0.05, 0) is 36.4 Å². The fourth-order valence-electron chi connectivity index (χ4n) is 3.34. The maximum Gasteiger partial charge on any atom is 0.251 e. The highest BCUT2D eigenvalue weighted by atomic mass is 35.5. The summed E-state index contributed by atoms with van der Waals surface area (Å²) in [5.74, 6) is 1.37. The summed E-state index contributed by atoms with van der Waals surface area (Å²) < 4.78 is 6.16. The number of anilines is 2. The third-order valence-corrected chi connectivity index (χ3v) is 6.02. The van der Waals surface area contributed by atoms with Crippen LogP contribution in [0.4, 0.5) is 10.8 Å². The number of ether oxygens (including phenoxy) is 1. The van der Waals surface area contributed by atoms with Crippen LogP contribution in [0.25, 0.3) is 0 Å². The molecule has 2 aromatic carbocycles. The summed E-state index contributed by atoms with van der Waals surface area (Å²) in [7, 11) is 0. The summed E-state index contributed by atoms with van der Waals surface area (Å²) in [6, 6.07) is 16.9. The molecule has 0 atom stereocenters. The first-order chi connectivity index (χ1) is 15.2. The Morgan fingerprint density at radius 1 is 1.13 bits per heavy atom. The highest BCUT2D eigenvalue weighted by Crippen LogP contribution is 2.44. The van der Waals surface area contributed by atoms with Crippen molar-refractivity contribution >= 4 is 39.7 Å². The van der Waals surface area contributed by atoms with E-state index in [0.717, 1.165) is 33.6 Å². The van der Waals surface area contributed by atoms with Gasteiger partial charge in [0, 0.05) is 33.9 Å². The number of hydrogen-bond acceptors (Lipinski definition) is 6. The number of rotatable bonds is 4. The molecule has 0 fully saturated rings. The van der Waals surface area contributed by atoms with Gasteiger partial charge in [-0.25, -0.2) is 4.98 Å². The van der Waals surface area contributed by atoms with Crippen LogP contribution in [-0.2, 0) is 13.1 Å². The molecule has 31 heavy (non-hydrogen) atoms. The van der Waals surface area contributed by atoms with E-state index in [1.807, 2.05) is 47.8 Å². The summed E-state index contributed by atoms with van der Waals surface area (Å²) in [6.45, 7) is 0.931. The van der Waals surface area contributed by atoms with Gasteiger partial charge in [-0.1, -0.05) is 29.8 Å². The molecule has 6 nitrogen and oxygen atoms in total. The van der Waals surface area contributed by atoms with Gasteiger partial charge in [-0.3, -0.25) is 9.78 Å². The SMILES string of the molecule is O=C(NCc1csc(N2Cc3ccccc3Oc3ccc(Cl)cc32)n1)c1ccncc1. The lowest BCUT2D eigenvalue weighted by molar-refractivity contribution is 0.0950. The standard InChI is InChI=1S/C23H17ClN4O2S/c24-17-5-6-21-19(11-17)28(13-16-3-1-2-4-20(16)30-21)23-27-18(14-31-23)12-26-22(29)15-7-9-25-10-8-15/h1-11,14H,12-13H2,(H,26,29). The molecular formula is C23H17ClN4O2S. The van der Waals surface area contributed by atoms with Crippen molar-refractivity contribution in [3.63, 3.8) is 0 Å². The fourth-order valence-corrected chi connectivity index (χ4v) is 4.35. The molecule has 1 aliphatic rings. The highest BCUT2D eigenvalue weighted by molar-refractivity contribution is 7.13. The molecule has 0 saturated heterocycles. The van der Waals surface area contributed by atoms with Crippen molar-refractivity contribution in [2.75, 3.05) is 4.90 Å². The summed E-state index contributed by atoms with van der Waals surface area (Å²) in [4.78, 5) is 23.1. The largest absolute Gasteiger partial charge is 0.455 e. The molecular weight excluding hydrogens is 432 g/mol. The van der Waals surface area contributed by atoms with Crippen LogP contribution in [0, 0.1) is 0 Å². The number of thiazole rings is 1. The Balaban J connectivity index is 1.41. The Kier molecular flexibility index (Phi) is 5.28. The number of amides is 1. The third-order valence-electron chi connectivity index (χ3n) is 4.88. The molecule has 0 unspecified atom stereocenters. The summed E-state index contributed by atoms with van der Waals surface area (Å²) >= 11 is 7.80. The van der Waals surface area contributed by atoms with E-state index in [1.54, 1.807) is 24.5 Å². The van der Waals surface area contributed by atoms with Crippen LogP contribution in [0.15, 0.2) is 72.4 Å². The number of aromatic nitrogens is 2. The topological polar surface area (TPSA) is 67.4 Å². The van der Waals surface area contributed by atoms with Crippen molar-refractivity contribution < 1.29 is 9.53 Å². The van der Waals surface area contributed by atoms with Crippen LogP contribution in [0.2, 0.25) is 5.02 Å². The number of nitrogens with one attached hydrogen (secondary N) is 1.